The van der Waals surface area contributed by atoms with E-state index in [0.717, 1.165) is 11.3 Å². The maximum Gasteiger partial charge on any atom is 0.220 e. The summed E-state index contributed by atoms with van der Waals surface area (Å²) in [7, 11) is 0. The van der Waals surface area contributed by atoms with Gasteiger partial charge in [-0.3, -0.25) is 4.79 Å². The van der Waals surface area contributed by atoms with E-state index in [1.807, 2.05) is 18.2 Å². The highest BCUT2D eigenvalue weighted by atomic mass is 35.5. The molecule has 0 aliphatic rings. The Kier molecular flexibility index (Phi) is 7.36. The molecule has 2 rings (SSSR count). The molecule has 0 saturated carbocycles. The van der Waals surface area contributed by atoms with Crippen molar-refractivity contribution >= 4 is 29.1 Å². The molecule has 5 heteroatoms. The molecule has 2 aromatic rings. The van der Waals surface area contributed by atoms with Crippen molar-refractivity contribution in [3.63, 3.8) is 0 Å². The molecule has 0 unspecified atom stereocenters. The topological polar surface area (TPSA) is 38.3 Å². The third-order valence-corrected chi connectivity index (χ3v) is 4.78. The summed E-state index contributed by atoms with van der Waals surface area (Å²) in [6.45, 7) is 7.44. The number of carbonyl (C=O) groups is 1. The maximum atomic E-state index is 11.9. The minimum atomic E-state index is -0.0113. The van der Waals surface area contributed by atoms with Gasteiger partial charge >= 0.3 is 0 Å². The highest BCUT2D eigenvalue weighted by Gasteiger charge is 2.12. The summed E-state index contributed by atoms with van der Waals surface area (Å²) < 4.78 is 5.67. The van der Waals surface area contributed by atoms with E-state index in [-0.39, 0.29) is 11.3 Å². The first-order valence-corrected chi connectivity index (χ1v) is 9.45. The average molecular weight is 394 g/mol. The number of hydrogen-bond donors (Lipinski definition) is 1. The van der Waals surface area contributed by atoms with E-state index in [1.165, 1.54) is 5.56 Å². The van der Waals surface area contributed by atoms with Crippen LogP contribution in [-0.4, -0.2) is 19.1 Å². The number of nitrogens with one attached hydrogen (secondary N) is 1. The second kappa shape index (κ2) is 9.29. The van der Waals surface area contributed by atoms with E-state index in [4.69, 9.17) is 27.9 Å². The van der Waals surface area contributed by atoms with Gasteiger partial charge in [-0.2, -0.15) is 0 Å². The fourth-order valence-electron chi connectivity index (χ4n) is 2.45. The molecule has 0 saturated heterocycles. The van der Waals surface area contributed by atoms with Gasteiger partial charge in [0, 0.05) is 6.42 Å². The Morgan fingerprint density at radius 3 is 2.35 bits per heavy atom. The van der Waals surface area contributed by atoms with Gasteiger partial charge in [-0.05, 0) is 47.2 Å². The molecule has 0 aliphatic carbocycles. The zero-order chi connectivity index (χ0) is 19.2. The first-order valence-electron chi connectivity index (χ1n) is 8.69. The molecule has 1 amide bonds. The Bertz CT molecular complexity index is 737. The lowest BCUT2D eigenvalue weighted by Gasteiger charge is -2.19. The van der Waals surface area contributed by atoms with Crippen molar-refractivity contribution in [2.75, 3.05) is 13.2 Å². The second-order valence-electron chi connectivity index (χ2n) is 7.22. The SMILES string of the molecule is CC(C)(C)c1ccc(OCCNC(=O)CCc2ccc(Cl)c(Cl)c2)cc1. The van der Waals surface area contributed by atoms with Gasteiger partial charge in [0.15, 0.2) is 0 Å². The van der Waals surface area contributed by atoms with Gasteiger partial charge in [0.2, 0.25) is 5.91 Å². The summed E-state index contributed by atoms with van der Waals surface area (Å²) in [5.74, 6) is 0.797. The van der Waals surface area contributed by atoms with Crippen LogP contribution in [0.5, 0.6) is 5.75 Å². The third-order valence-electron chi connectivity index (χ3n) is 4.04. The maximum absolute atomic E-state index is 11.9. The second-order valence-corrected chi connectivity index (χ2v) is 8.04. The predicted octanol–water partition coefficient (Wildman–Crippen LogP) is 5.42. The summed E-state index contributed by atoms with van der Waals surface area (Å²) in [6.07, 6.45) is 1.02. The van der Waals surface area contributed by atoms with Crippen LogP contribution in [0.3, 0.4) is 0 Å². The summed E-state index contributed by atoms with van der Waals surface area (Å²) >= 11 is 11.9. The number of hydrogen-bond acceptors (Lipinski definition) is 2. The molecule has 2 aromatic carbocycles. The molecule has 140 valence electrons. The van der Waals surface area contributed by atoms with E-state index in [9.17, 15) is 4.79 Å². The van der Waals surface area contributed by atoms with E-state index >= 15 is 0 Å². The zero-order valence-corrected chi connectivity index (χ0v) is 17.0. The predicted molar refractivity (Wildman–Crippen MR) is 108 cm³/mol. The molecular weight excluding hydrogens is 369 g/mol. The minimum Gasteiger partial charge on any atom is -0.492 e. The third kappa shape index (κ3) is 6.54. The fraction of sp³-hybridized carbons (Fsp3) is 0.381. The molecular formula is C21H25Cl2NO2. The number of rotatable bonds is 7. The van der Waals surface area contributed by atoms with Gasteiger partial charge in [-0.25, -0.2) is 0 Å². The molecule has 0 heterocycles. The summed E-state index contributed by atoms with van der Waals surface area (Å²) in [6, 6.07) is 13.5. The lowest BCUT2D eigenvalue weighted by molar-refractivity contribution is -0.121. The quantitative estimate of drug-likeness (QED) is 0.637. The number of ether oxygens (including phenoxy) is 1. The molecule has 0 spiro atoms. The normalized spacial score (nSPS) is 11.3. The number of aryl methyl sites for hydroxylation is 1. The fourth-order valence-corrected chi connectivity index (χ4v) is 2.77. The zero-order valence-electron chi connectivity index (χ0n) is 15.4. The van der Waals surface area contributed by atoms with Crippen molar-refractivity contribution in [3.8, 4) is 5.75 Å². The van der Waals surface area contributed by atoms with Crippen molar-refractivity contribution in [3.05, 3.63) is 63.6 Å². The number of halogens is 2. The van der Waals surface area contributed by atoms with E-state index in [1.54, 1.807) is 12.1 Å². The lowest BCUT2D eigenvalue weighted by Crippen LogP contribution is -2.28. The molecule has 0 radical (unpaired) electrons. The summed E-state index contributed by atoms with van der Waals surface area (Å²) in [5.41, 5.74) is 2.38. The lowest BCUT2D eigenvalue weighted by atomic mass is 9.87. The van der Waals surface area contributed by atoms with Crippen LogP contribution in [0.1, 0.15) is 38.3 Å². The van der Waals surface area contributed by atoms with Gasteiger partial charge in [0.05, 0.1) is 16.6 Å². The monoisotopic (exact) mass is 393 g/mol. The summed E-state index contributed by atoms with van der Waals surface area (Å²) in [4.78, 5) is 11.9. The average Bonchev–Trinajstić information content (AvgIpc) is 2.59. The summed E-state index contributed by atoms with van der Waals surface area (Å²) in [5, 5.41) is 3.89. The number of benzene rings is 2. The van der Waals surface area contributed by atoms with Gasteiger partial charge < -0.3 is 10.1 Å². The van der Waals surface area contributed by atoms with Crippen LogP contribution in [0, 0.1) is 0 Å². The molecule has 3 nitrogen and oxygen atoms in total. The molecule has 26 heavy (non-hydrogen) atoms. The highest BCUT2D eigenvalue weighted by molar-refractivity contribution is 6.42. The van der Waals surface area contributed by atoms with Gasteiger partial charge in [0.25, 0.3) is 0 Å². The largest absolute Gasteiger partial charge is 0.492 e. The number of amides is 1. The van der Waals surface area contributed by atoms with Crippen LogP contribution in [-0.2, 0) is 16.6 Å². The van der Waals surface area contributed by atoms with Crippen LogP contribution < -0.4 is 10.1 Å². The van der Waals surface area contributed by atoms with Crippen molar-refractivity contribution < 1.29 is 9.53 Å². The first-order chi connectivity index (χ1) is 12.3. The Labute approximate surface area is 165 Å². The van der Waals surface area contributed by atoms with Crippen LogP contribution in [0.25, 0.3) is 0 Å². The first kappa shape index (κ1) is 20.6. The van der Waals surface area contributed by atoms with E-state index < -0.39 is 0 Å². The Hall–Kier alpha value is -1.71. The van der Waals surface area contributed by atoms with Crippen LogP contribution in [0.4, 0.5) is 0 Å². The molecule has 0 aromatic heterocycles. The smallest absolute Gasteiger partial charge is 0.220 e. The van der Waals surface area contributed by atoms with Crippen molar-refractivity contribution in [1.82, 2.24) is 5.32 Å². The van der Waals surface area contributed by atoms with Crippen LogP contribution >= 0.6 is 23.2 Å². The van der Waals surface area contributed by atoms with Crippen molar-refractivity contribution in [1.29, 1.82) is 0 Å². The Morgan fingerprint density at radius 2 is 1.73 bits per heavy atom. The van der Waals surface area contributed by atoms with Gasteiger partial charge in [0.1, 0.15) is 12.4 Å². The van der Waals surface area contributed by atoms with Gasteiger partial charge in [-0.15, -0.1) is 0 Å². The van der Waals surface area contributed by atoms with Gasteiger partial charge in [-0.1, -0.05) is 62.2 Å². The standard InChI is InChI=1S/C21H25Cl2NO2/c1-21(2,3)16-6-8-17(9-7-16)26-13-12-24-20(25)11-5-15-4-10-18(22)19(23)14-15/h4,6-10,14H,5,11-13H2,1-3H3,(H,24,25). The van der Waals surface area contributed by atoms with Crippen molar-refractivity contribution in [2.45, 2.75) is 39.0 Å². The highest BCUT2D eigenvalue weighted by Crippen LogP contribution is 2.24. The van der Waals surface area contributed by atoms with Crippen molar-refractivity contribution in [2.24, 2.45) is 0 Å². The van der Waals surface area contributed by atoms with Crippen LogP contribution in [0.2, 0.25) is 10.0 Å². The molecule has 1 N–H and O–H groups in total. The molecule has 0 atom stereocenters. The van der Waals surface area contributed by atoms with Crippen LogP contribution in [0.15, 0.2) is 42.5 Å². The minimum absolute atomic E-state index is 0.0113. The van der Waals surface area contributed by atoms with E-state index in [0.29, 0.717) is 36.0 Å². The Balaban J connectivity index is 1.67. The Morgan fingerprint density at radius 1 is 1.04 bits per heavy atom. The molecule has 0 aliphatic heterocycles. The molecule has 0 fully saturated rings. The van der Waals surface area contributed by atoms with E-state index in [2.05, 4.69) is 38.2 Å². The number of carbonyl (C=O) groups excluding carboxylic acids is 1. The molecule has 0 bridgehead atoms.